The van der Waals surface area contributed by atoms with E-state index in [2.05, 4.69) is 25.8 Å². The van der Waals surface area contributed by atoms with E-state index >= 15 is 0 Å². The topological polar surface area (TPSA) is 12.5 Å². The van der Waals surface area contributed by atoms with Crippen LogP contribution in [0.25, 0.3) is 0 Å². The van der Waals surface area contributed by atoms with Gasteiger partial charge in [0.25, 0.3) is 0 Å². The highest BCUT2D eigenvalue weighted by Gasteiger charge is 2.56. The van der Waals surface area contributed by atoms with Crippen LogP contribution in [0.3, 0.4) is 0 Å². The lowest BCUT2D eigenvalue weighted by Gasteiger charge is -2.32. The first-order chi connectivity index (χ1) is 5.58. The molecule has 2 fully saturated rings. The van der Waals surface area contributed by atoms with E-state index in [1.165, 1.54) is 6.42 Å². The van der Waals surface area contributed by atoms with Gasteiger partial charge in [0.1, 0.15) is 7.85 Å². The first-order valence-electron chi connectivity index (χ1n) is 4.72. The Hall–Kier alpha value is -0.0151. The number of fused-ring (bicyclic) bond motifs is 2. The Balaban J connectivity index is 2.27. The highest BCUT2D eigenvalue weighted by Crippen LogP contribution is 2.45. The van der Waals surface area contributed by atoms with Gasteiger partial charge < -0.3 is 4.74 Å². The van der Waals surface area contributed by atoms with Crippen molar-refractivity contribution in [3.63, 3.8) is 0 Å². The van der Waals surface area contributed by atoms with Gasteiger partial charge in [-0.25, -0.2) is 0 Å². The Bertz CT molecular complexity index is 185. The number of rotatable bonds is 1. The second-order valence-electron chi connectivity index (χ2n) is 4.32. The lowest BCUT2D eigenvalue weighted by atomic mass is 9.83. The van der Waals surface area contributed by atoms with Crippen molar-refractivity contribution in [2.24, 2.45) is 5.92 Å². The van der Waals surface area contributed by atoms with Crippen LogP contribution in [0.2, 0.25) is 0 Å². The van der Waals surface area contributed by atoms with Crippen molar-refractivity contribution in [2.45, 2.75) is 37.9 Å². The molecule has 2 saturated heterocycles. The largest absolute Gasteiger partial charge is 0.379 e. The molecule has 2 aliphatic heterocycles. The van der Waals surface area contributed by atoms with Crippen LogP contribution < -0.4 is 0 Å². The van der Waals surface area contributed by atoms with Crippen molar-refractivity contribution >= 4 is 7.85 Å². The number of likely N-dealkylation sites (N-methyl/N-ethyl adjacent to an activating group) is 1. The van der Waals surface area contributed by atoms with Gasteiger partial charge in [0.2, 0.25) is 0 Å². The van der Waals surface area contributed by atoms with Gasteiger partial charge in [-0.2, -0.15) is 0 Å². The van der Waals surface area contributed by atoms with Crippen molar-refractivity contribution in [3.05, 3.63) is 0 Å². The minimum absolute atomic E-state index is 0.0214. The Morgan fingerprint density at radius 2 is 2.33 bits per heavy atom. The minimum Gasteiger partial charge on any atom is -0.379 e. The predicted octanol–water partition coefficient (Wildman–Crippen LogP) is 0.610. The van der Waals surface area contributed by atoms with E-state index in [0.717, 1.165) is 6.54 Å². The Morgan fingerprint density at radius 3 is 2.67 bits per heavy atom. The Labute approximate surface area is 75.7 Å². The zero-order valence-corrected chi connectivity index (χ0v) is 8.08. The molecule has 2 rings (SSSR count). The van der Waals surface area contributed by atoms with Crippen LogP contribution in [0.4, 0.5) is 0 Å². The molecule has 2 bridgehead atoms. The average molecular weight is 165 g/mol. The van der Waals surface area contributed by atoms with Crippen LogP contribution in [0.15, 0.2) is 0 Å². The first-order valence-corrected chi connectivity index (χ1v) is 4.72. The fourth-order valence-corrected chi connectivity index (χ4v) is 3.04. The molecule has 66 valence electrons. The summed E-state index contributed by atoms with van der Waals surface area (Å²) in [4.78, 5) is 2.34. The molecule has 2 radical (unpaired) electrons. The molecular formula is C9H16BNO. The van der Waals surface area contributed by atoms with Gasteiger partial charge in [0.15, 0.2) is 0 Å². The lowest BCUT2D eigenvalue weighted by molar-refractivity contribution is -0.0527. The lowest BCUT2D eigenvalue weighted by Crippen LogP contribution is -2.44. The van der Waals surface area contributed by atoms with Gasteiger partial charge in [-0.05, 0) is 20.4 Å². The van der Waals surface area contributed by atoms with Gasteiger partial charge in [0, 0.05) is 24.5 Å². The summed E-state index contributed by atoms with van der Waals surface area (Å²) in [6, 6.07) is 0.374. The third kappa shape index (κ3) is 0.897. The number of ether oxygens (including phenoxy) is 1. The number of morpholine rings is 1. The van der Waals surface area contributed by atoms with Gasteiger partial charge >= 0.3 is 0 Å². The standard InChI is InChI=1S/C9H16BNO/c1-4-6-7-8(10)12-9(6,2)5-11(7)3/h6-8H,4-5H2,1-3H3/t6-,7+,8-,9+/m1/s1. The van der Waals surface area contributed by atoms with Crippen molar-refractivity contribution in [2.75, 3.05) is 13.6 Å². The molecule has 3 heteroatoms. The summed E-state index contributed by atoms with van der Waals surface area (Å²) in [5.41, 5.74) is 0.0214. The van der Waals surface area contributed by atoms with Crippen LogP contribution in [0, 0.1) is 5.92 Å². The summed E-state index contributed by atoms with van der Waals surface area (Å²) < 4.78 is 5.76. The van der Waals surface area contributed by atoms with Gasteiger partial charge in [-0.15, -0.1) is 0 Å². The molecular weight excluding hydrogens is 149 g/mol. The monoisotopic (exact) mass is 165 g/mol. The maximum Gasteiger partial charge on any atom is 0.111 e. The SMILES string of the molecule is [B][C@@H]1O[C@@]2(C)CN(C)[C@H]1[C@H]2CC. The first kappa shape index (κ1) is 8.58. The third-order valence-electron chi connectivity index (χ3n) is 3.45. The summed E-state index contributed by atoms with van der Waals surface area (Å²) in [5, 5.41) is 0. The van der Waals surface area contributed by atoms with E-state index in [0.29, 0.717) is 12.0 Å². The normalized spacial score (nSPS) is 53.4. The number of nitrogens with zero attached hydrogens (tertiary/aromatic N) is 1. The fraction of sp³-hybridized carbons (Fsp3) is 1.00. The molecule has 0 unspecified atom stereocenters. The maximum absolute atomic E-state index is 5.90. The quantitative estimate of drug-likeness (QED) is 0.528. The summed E-state index contributed by atoms with van der Waals surface area (Å²) in [6.07, 6.45) is 1.17. The number of likely N-dealkylation sites (tertiary alicyclic amines) is 1. The summed E-state index contributed by atoms with van der Waals surface area (Å²) >= 11 is 0. The molecule has 0 aromatic carbocycles. The maximum atomic E-state index is 5.90. The molecule has 12 heavy (non-hydrogen) atoms. The summed E-state index contributed by atoms with van der Waals surface area (Å²) in [7, 11) is 8.04. The van der Waals surface area contributed by atoms with Crippen molar-refractivity contribution in [3.8, 4) is 0 Å². The van der Waals surface area contributed by atoms with E-state index in [1.807, 2.05) is 0 Å². The van der Waals surface area contributed by atoms with E-state index in [4.69, 9.17) is 12.6 Å². The molecule has 2 nitrogen and oxygen atoms in total. The van der Waals surface area contributed by atoms with Gasteiger partial charge in [-0.1, -0.05) is 6.92 Å². The second kappa shape index (κ2) is 2.49. The van der Waals surface area contributed by atoms with Crippen molar-refractivity contribution < 1.29 is 4.74 Å². The molecule has 0 aromatic rings. The van der Waals surface area contributed by atoms with Gasteiger partial charge in [0.05, 0.1) is 5.60 Å². The molecule has 0 saturated carbocycles. The summed E-state index contributed by atoms with van der Waals surface area (Å²) in [5.74, 6) is 0.623. The van der Waals surface area contributed by atoms with Crippen LogP contribution in [-0.2, 0) is 4.74 Å². The zero-order chi connectivity index (χ0) is 8.93. The molecule has 4 atom stereocenters. The van der Waals surface area contributed by atoms with E-state index in [9.17, 15) is 0 Å². The smallest absolute Gasteiger partial charge is 0.111 e. The number of hydrogen-bond donors (Lipinski definition) is 0. The Morgan fingerprint density at radius 1 is 1.67 bits per heavy atom. The molecule has 2 heterocycles. The molecule has 0 N–H and O–H groups in total. The predicted molar refractivity (Wildman–Crippen MR) is 49.2 cm³/mol. The molecule has 0 spiro atoms. The average Bonchev–Trinajstić information content (AvgIpc) is 2.32. The van der Waals surface area contributed by atoms with Crippen LogP contribution >= 0.6 is 0 Å². The highest BCUT2D eigenvalue weighted by molar-refractivity contribution is 6.11. The highest BCUT2D eigenvalue weighted by atomic mass is 16.5. The van der Waals surface area contributed by atoms with E-state index in [1.54, 1.807) is 0 Å². The number of hydrogen-bond acceptors (Lipinski definition) is 2. The fourth-order valence-electron chi connectivity index (χ4n) is 3.04. The minimum atomic E-state index is -0.0706. The second-order valence-corrected chi connectivity index (χ2v) is 4.32. The van der Waals surface area contributed by atoms with Crippen LogP contribution in [0.5, 0.6) is 0 Å². The molecule has 2 aliphatic rings. The van der Waals surface area contributed by atoms with E-state index in [-0.39, 0.29) is 11.6 Å². The molecule has 0 amide bonds. The van der Waals surface area contributed by atoms with Crippen LogP contribution in [-0.4, -0.2) is 44.0 Å². The van der Waals surface area contributed by atoms with Crippen LogP contribution in [0.1, 0.15) is 20.3 Å². The van der Waals surface area contributed by atoms with Gasteiger partial charge in [-0.3, -0.25) is 4.90 Å². The third-order valence-corrected chi connectivity index (χ3v) is 3.45. The molecule has 0 aliphatic carbocycles. The Kier molecular flexibility index (Phi) is 1.78. The zero-order valence-electron chi connectivity index (χ0n) is 8.08. The summed E-state index contributed by atoms with van der Waals surface area (Å²) in [6.45, 7) is 5.44. The van der Waals surface area contributed by atoms with Crippen molar-refractivity contribution in [1.29, 1.82) is 0 Å². The molecule has 0 aromatic heterocycles. The van der Waals surface area contributed by atoms with E-state index < -0.39 is 0 Å². The van der Waals surface area contributed by atoms with Crippen molar-refractivity contribution in [1.82, 2.24) is 4.90 Å².